The van der Waals surface area contributed by atoms with Gasteiger partial charge >= 0.3 is 0 Å². The zero-order chi connectivity index (χ0) is 14.0. The largest absolute Gasteiger partial charge is 0.307 e. The first-order valence-electron chi connectivity index (χ1n) is 7.10. The first kappa shape index (κ1) is 17.1. The van der Waals surface area contributed by atoms with Gasteiger partial charge in [-0.1, -0.05) is 55.4 Å². The van der Waals surface area contributed by atoms with Gasteiger partial charge in [0.15, 0.2) is 0 Å². The highest BCUT2D eigenvalue weighted by atomic mass is 28.3. The number of nitrogens with zero attached hydrogens (tertiary/aromatic N) is 2. The topological polar surface area (TPSA) is 6.48 Å². The summed E-state index contributed by atoms with van der Waals surface area (Å²) in [5.74, 6) is 0. The van der Waals surface area contributed by atoms with Crippen molar-refractivity contribution in [1.29, 1.82) is 0 Å². The fourth-order valence-corrected chi connectivity index (χ4v) is 9.17. The Morgan fingerprint density at radius 3 is 0.824 bits per heavy atom. The fourth-order valence-electron chi connectivity index (χ4n) is 3.85. The van der Waals surface area contributed by atoms with Crippen molar-refractivity contribution >= 4 is 8.40 Å². The van der Waals surface area contributed by atoms with E-state index >= 15 is 0 Å². The second-order valence-corrected chi connectivity index (χ2v) is 10.7. The van der Waals surface area contributed by atoms with Crippen molar-refractivity contribution in [2.24, 2.45) is 0 Å². The number of hydrogen-bond acceptors (Lipinski definition) is 2. The van der Waals surface area contributed by atoms with Crippen LogP contribution in [0.3, 0.4) is 0 Å². The highest BCUT2D eigenvalue weighted by molar-refractivity contribution is 6.72. The molecule has 0 amide bonds. The first-order chi connectivity index (χ1) is 7.53. The van der Waals surface area contributed by atoms with Crippen LogP contribution in [0.1, 0.15) is 55.4 Å². The van der Waals surface area contributed by atoms with Crippen molar-refractivity contribution in [2.45, 2.75) is 92.7 Å². The zero-order valence-corrected chi connectivity index (χ0v) is 14.7. The molecule has 0 saturated carbocycles. The van der Waals surface area contributed by atoms with E-state index in [0.717, 1.165) is 0 Å². The van der Waals surface area contributed by atoms with E-state index in [9.17, 15) is 0 Å². The molecular formula is C14H34N2Si. The SMILES string of the molecule is CC(C)N(C(C)C)[Si](C)(C)N(C(C)C)C(C)C. The minimum Gasteiger partial charge on any atom is -0.307 e. The van der Waals surface area contributed by atoms with E-state index < -0.39 is 8.40 Å². The molecule has 0 aliphatic carbocycles. The molecule has 17 heavy (non-hydrogen) atoms. The summed E-state index contributed by atoms with van der Waals surface area (Å²) in [5.41, 5.74) is 0. The molecule has 0 radical (unpaired) electrons. The standard InChI is InChI=1S/C14H34N2Si/c1-11(2)15(12(3)4)17(9,10)16(13(5)6)14(7)8/h11-14H,1-10H3. The molecule has 0 atom stereocenters. The van der Waals surface area contributed by atoms with Crippen molar-refractivity contribution in [1.82, 2.24) is 9.13 Å². The van der Waals surface area contributed by atoms with E-state index in [2.05, 4.69) is 77.6 Å². The number of hydrogen-bond donors (Lipinski definition) is 0. The second kappa shape index (κ2) is 6.35. The molecule has 0 unspecified atom stereocenters. The van der Waals surface area contributed by atoms with Crippen molar-refractivity contribution in [3.05, 3.63) is 0 Å². The molecule has 0 aliphatic rings. The van der Waals surface area contributed by atoms with E-state index in [4.69, 9.17) is 0 Å². The summed E-state index contributed by atoms with van der Waals surface area (Å²) in [6, 6.07) is 2.49. The van der Waals surface area contributed by atoms with E-state index in [0.29, 0.717) is 24.2 Å². The molecule has 3 heteroatoms. The number of rotatable bonds is 6. The third-order valence-electron chi connectivity index (χ3n) is 3.49. The molecule has 0 N–H and O–H groups in total. The van der Waals surface area contributed by atoms with Crippen LogP contribution in [0.2, 0.25) is 13.1 Å². The van der Waals surface area contributed by atoms with Crippen LogP contribution in [0.5, 0.6) is 0 Å². The normalized spacial score (nSPS) is 14.1. The lowest BCUT2D eigenvalue weighted by Crippen LogP contribution is -2.68. The Hall–Kier alpha value is 0.137. The highest BCUT2D eigenvalue weighted by Gasteiger charge is 2.41. The third-order valence-corrected chi connectivity index (χ3v) is 8.08. The Kier molecular flexibility index (Phi) is 6.40. The van der Waals surface area contributed by atoms with Gasteiger partial charge in [0.25, 0.3) is 0 Å². The van der Waals surface area contributed by atoms with Crippen molar-refractivity contribution in [3.63, 3.8) is 0 Å². The zero-order valence-electron chi connectivity index (χ0n) is 13.7. The van der Waals surface area contributed by atoms with Gasteiger partial charge in [-0.3, -0.25) is 0 Å². The van der Waals surface area contributed by atoms with Gasteiger partial charge < -0.3 is 9.13 Å². The predicted molar refractivity (Wildman–Crippen MR) is 81.7 cm³/mol. The Balaban J connectivity index is 5.30. The van der Waals surface area contributed by atoms with E-state index in [1.807, 2.05) is 0 Å². The summed E-state index contributed by atoms with van der Waals surface area (Å²) in [7, 11) is -1.55. The van der Waals surface area contributed by atoms with Crippen LogP contribution in [0, 0.1) is 0 Å². The van der Waals surface area contributed by atoms with E-state index in [1.54, 1.807) is 0 Å². The third kappa shape index (κ3) is 4.07. The molecule has 2 nitrogen and oxygen atoms in total. The van der Waals surface area contributed by atoms with E-state index in [-0.39, 0.29) is 0 Å². The molecule has 0 aromatic carbocycles. The highest BCUT2D eigenvalue weighted by Crippen LogP contribution is 2.25. The second-order valence-electron chi connectivity index (χ2n) is 6.68. The van der Waals surface area contributed by atoms with Crippen molar-refractivity contribution < 1.29 is 0 Å². The van der Waals surface area contributed by atoms with Crippen LogP contribution in [-0.2, 0) is 0 Å². The Morgan fingerprint density at radius 1 is 0.529 bits per heavy atom. The van der Waals surface area contributed by atoms with E-state index in [1.165, 1.54) is 0 Å². The molecule has 0 bridgehead atoms. The Bertz CT molecular complexity index is 184. The van der Waals surface area contributed by atoms with Gasteiger partial charge in [-0.15, -0.1) is 0 Å². The van der Waals surface area contributed by atoms with Crippen LogP contribution < -0.4 is 0 Å². The molecule has 0 aliphatic heterocycles. The van der Waals surface area contributed by atoms with Gasteiger partial charge in [-0.05, 0) is 37.3 Å². The van der Waals surface area contributed by atoms with Gasteiger partial charge in [-0.2, -0.15) is 0 Å². The van der Waals surface area contributed by atoms with Crippen LogP contribution in [-0.4, -0.2) is 41.7 Å². The smallest absolute Gasteiger partial charge is 0.201 e. The monoisotopic (exact) mass is 258 g/mol. The summed E-state index contributed by atoms with van der Waals surface area (Å²) in [6.07, 6.45) is 0. The lowest BCUT2D eigenvalue weighted by molar-refractivity contribution is 0.209. The maximum absolute atomic E-state index is 2.74. The summed E-state index contributed by atoms with van der Waals surface area (Å²) in [4.78, 5) is 0. The minimum absolute atomic E-state index is 0.622. The predicted octanol–water partition coefficient (Wildman–Crippen LogP) is 3.93. The van der Waals surface area contributed by atoms with Gasteiger partial charge in [0, 0.05) is 0 Å². The maximum Gasteiger partial charge on any atom is 0.201 e. The van der Waals surface area contributed by atoms with Crippen LogP contribution >= 0.6 is 0 Å². The molecule has 0 aromatic rings. The first-order valence-corrected chi connectivity index (χ1v) is 9.99. The lowest BCUT2D eigenvalue weighted by atomic mass is 10.3. The fraction of sp³-hybridized carbons (Fsp3) is 1.00. The molecule has 0 heterocycles. The average Bonchev–Trinajstić information content (AvgIpc) is 1.96. The lowest BCUT2D eigenvalue weighted by Gasteiger charge is -2.52. The summed E-state index contributed by atoms with van der Waals surface area (Å²) < 4.78 is 5.49. The molecule has 0 aromatic heterocycles. The van der Waals surface area contributed by atoms with Gasteiger partial charge in [0.1, 0.15) is 0 Å². The van der Waals surface area contributed by atoms with Crippen LogP contribution in [0.25, 0.3) is 0 Å². The van der Waals surface area contributed by atoms with Gasteiger partial charge in [0.05, 0.1) is 0 Å². The summed E-state index contributed by atoms with van der Waals surface area (Å²) in [6.45, 7) is 23.6. The van der Waals surface area contributed by atoms with Crippen LogP contribution in [0.4, 0.5) is 0 Å². The average molecular weight is 259 g/mol. The Labute approximate surface area is 111 Å². The molecule has 0 saturated heterocycles. The maximum atomic E-state index is 2.74. The molecular weight excluding hydrogens is 224 g/mol. The molecule has 0 spiro atoms. The quantitative estimate of drug-likeness (QED) is 0.666. The minimum atomic E-state index is -1.55. The molecule has 0 rings (SSSR count). The molecule has 0 fully saturated rings. The van der Waals surface area contributed by atoms with Gasteiger partial charge in [-0.25, -0.2) is 0 Å². The van der Waals surface area contributed by atoms with Crippen molar-refractivity contribution in [2.75, 3.05) is 0 Å². The summed E-state index contributed by atoms with van der Waals surface area (Å²) >= 11 is 0. The molecule has 104 valence electrons. The Morgan fingerprint density at radius 2 is 0.706 bits per heavy atom. The van der Waals surface area contributed by atoms with Crippen LogP contribution in [0.15, 0.2) is 0 Å². The summed E-state index contributed by atoms with van der Waals surface area (Å²) in [5, 5.41) is 0. The van der Waals surface area contributed by atoms with Gasteiger partial charge in [0.2, 0.25) is 8.40 Å². The van der Waals surface area contributed by atoms with Crippen molar-refractivity contribution in [3.8, 4) is 0 Å².